The van der Waals surface area contributed by atoms with Gasteiger partial charge in [0, 0.05) is 12.0 Å². The summed E-state index contributed by atoms with van der Waals surface area (Å²) >= 11 is 0. The van der Waals surface area contributed by atoms with E-state index in [-0.39, 0.29) is 17.1 Å². The molecular formula is C12H14O3S. The first-order chi connectivity index (χ1) is 7.35. The summed E-state index contributed by atoms with van der Waals surface area (Å²) in [6.45, 7) is 5.11. The minimum absolute atomic E-state index is 0.0569. The van der Waals surface area contributed by atoms with Crippen LogP contribution in [0.4, 0.5) is 0 Å². The third-order valence-corrected chi connectivity index (χ3v) is 5.45. The maximum absolute atomic E-state index is 12.2. The molecule has 2 rings (SSSR count). The number of aryl methyl sites for hydroxylation is 2. The summed E-state index contributed by atoms with van der Waals surface area (Å²) < 4.78 is 24.3. The van der Waals surface area contributed by atoms with E-state index in [9.17, 15) is 13.2 Å². The fourth-order valence-electron chi connectivity index (χ4n) is 2.17. The molecule has 1 atom stereocenters. The number of hydrogen-bond donors (Lipinski definition) is 0. The molecular weight excluding hydrogens is 224 g/mol. The Morgan fingerprint density at radius 2 is 1.75 bits per heavy atom. The Balaban J connectivity index is 2.90. The molecule has 1 aromatic rings. The zero-order valence-electron chi connectivity index (χ0n) is 9.57. The van der Waals surface area contributed by atoms with Crippen molar-refractivity contribution in [3.8, 4) is 0 Å². The Hall–Kier alpha value is -1.16. The smallest absolute Gasteiger partial charge is 0.182 e. The van der Waals surface area contributed by atoms with Crippen LogP contribution in [0.1, 0.15) is 34.8 Å². The van der Waals surface area contributed by atoms with Gasteiger partial charge in [-0.15, -0.1) is 0 Å². The van der Waals surface area contributed by atoms with Gasteiger partial charge in [-0.3, -0.25) is 4.79 Å². The topological polar surface area (TPSA) is 51.2 Å². The van der Waals surface area contributed by atoms with Gasteiger partial charge in [0.15, 0.2) is 15.6 Å². The van der Waals surface area contributed by atoms with E-state index < -0.39 is 15.1 Å². The zero-order valence-corrected chi connectivity index (χ0v) is 10.4. The molecule has 4 heteroatoms. The predicted molar refractivity (Wildman–Crippen MR) is 61.5 cm³/mol. The van der Waals surface area contributed by atoms with Gasteiger partial charge in [0.25, 0.3) is 0 Å². The van der Waals surface area contributed by atoms with Gasteiger partial charge < -0.3 is 0 Å². The van der Waals surface area contributed by atoms with Crippen LogP contribution >= 0.6 is 0 Å². The molecule has 0 N–H and O–H groups in total. The van der Waals surface area contributed by atoms with E-state index >= 15 is 0 Å². The lowest BCUT2D eigenvalue weighted by atomic mass is 9.98. The van der Waals surface area contributed by atoms with Gasteiger partial charge in [0.1, 0.15) is 0 Å². The lowest BCUT2D eigenvalue weighted by Crippen LogP contribution is -2.30. The quantitative estimate of drug-likeness (QED) is 0.695. The van der Waals surface area contributed by atoms with Crippen LogP contribution in [0.25, 0.3) is 0 Å². The van der Waals surface area contributed by atoms with Crippen molar-refractivity contribution in [2.24, 2.45) is 0 Å². The van der Waals surface area contributed by atoms with Gasteiger partial charge in [0.05, 0.1) is 10.1 Å². The first kappa shape index (κ1) is 11.3. The number of carbonyl (C=O) groups is 1. The Labute approximate surface area is 95.4 Å². The van der Waals surface area contributed by atoms with Crippen LogP contribution < -0.4 is 0 Å². The molecule has 16 heavy (non-hydrogen) atoms. The lowest BCUT2D eigenvalue weighted by Gasteiger charge is -2.23. The van der Waals surface area contributed by atoms with Crippen molar-refractivity contribution in [1.29, 1.82) is 0 Å². The first-order valence-corrected chi connectivity index (χ1v) is 6.77. The summed E-state index contributed by atoms with van der Waals surface area (Å²) in [7, 11) is -3.33. The summed E-state index contributed by atoms with van der Waals surface area (Å²) in [6, 6.07) is 3.56. The second kappa shape index (κ2) is 3.42. The standard InChI is InChI=1S/C12H14O3S/c1-7-4-5-8(2)12-11(7)10(13)6-9(3)16(12,14)15/h4-5,9H,6H2,1-3H3. The number of Topliss-reactive ketones (excluding diaryl/α,β-unsaturated/α-hetero) is 1. The highest BCUT2D eigenvalue weighted by atomic mass is 32.2. The SMILES string of the molecule is Cc1ccc(C)c2c1C(=O)CC(C)S2(=O)=O. The molecule has 86 valence electrons. The van der Waals surface area contributed by atoms with Crippen LogP contribution in [0.5, 0.6) is 0 Å². The van der Waals surface area contributed by atoms with Crippen molar-refractivity contribution in [2.75, 3.05) is 0 Å². The molecule has 3 nitrogen and oxygen atoms in total. The highest BCUT2D eigenvalue weighted by Gasteiger charge is 2.37. The third-order valence-electron chi connectivity index (χ3n) is 3.13. The molecule has 0 aromatic heterocycles. The molecule has 0 saturated carbocycles. The molecule has 1 unspecified atom stereocenters. The third kappa shape index (κ3) is 1.40. The van der Waals surface area contributed by atoms with Crippen molar-refractivity contribution >= 4 is 15.6 Å². The fraction of sp³-hybridized carbons (Fsp3) is 0.417. The largest absolute Gasteiger partial charge is 0.294 e. The summed E-state index contributed by atoms with van der Waals surface area (Å²) in [5.74, 6) is -0.0569. The molecule has 0 spiro atoms. The lowest BCUT2D eigenvalue weighted by molar-refractivity contribution is 0.0975. The van der Waals surface area contributed by atoms with Gasteiger partial charge in [0.2, 0.25) is 0 Å². The van der Waals surface area contributed by atoms with Crippen LogP contribution in [0, 0.1) is 13.8 Å². The van der Waals surface area contributed by atoms with Gasteiger partial charge in [-0.05, 0) is 31.9 Å². The van der Waals surface area contributed by atoms with E-state index in [1.165, 1.54) is 0 Å². The van der Waals surface area contributed by atoms with Crippen LogP contribution in [0.3, 0.4) is 0 Å². The molecule has 0 radical (unpaired) electrons. The maximum Gasteiger partial charge on any atom is 0.182 e. The minimum atomic E-state index is -3.33. The van der Waals surface area contributed by atoms with Crippen molar-refractivity contribution in [1.82, 2.24) is 0 Å². The summed E-state index contributed by atoms with van der Waals surface area (Å²) in [5, 5.41) is -0.604. The molecule has 0 bridgehead atoms. The van der Waals surface area contributed by atoms with Crippen molar-refractivity contribution in [3.63, 3.8) is 0 Å². The number of rotatable bonds is 0. The second-order valence-corrected chi connectivity index (χ2v) is 6.69. The maximum atomic E-state index is 12.2. The van der Waals surface area contributed by atoms with Crippen LogP contribution in [-0.2, 0) is 9.84 Å². The molecule has 1 aliphatic heterocycles. The van der Waals surface area contributed by atoms with E-state index in [2.05, 4.69) is 0 Å². The Morgan fingerprint density at radius 1 is 1.19 bits per heavy atom. The number of fused-ring (bicyclic) bond motifs is 1. The van der Waals surface area contributed by atoms with E-state index in [0.29, 0.717) is 11.1 Å². The molecule has 1 aromatic carbocycles. The normalized spacial score (nSPS) is 22.9. The number of ketones is 1. The summed E-state index contributed by atoms with van der Waals surface area (Å²) in [4.78, 5) is 12.1. The minimum Gasteiger partial charge on any atom is -0.294 e. The Morgan fingerprint density at radius 3 is 2.38 bits per heavy atom. The molecule has 0 aliphatic carbocycles. The summed E-state index contributed by atoms with van der Waals surface area (Å²) in [5.41, 5.74) is 1.82. The van der Waals surface area contributed by atoms with Crippen LogP contribution in [0.2, 0.25) is 0 Å². The number of hydrogen-bond acceptors (Lipinski definition) is 3. The monoisotopic (exact) mass is 238 g/mol. The average molecular weight is 238 g/mol. The molecule has 0 amide bonds. The van der Waals surface area contributed by atoms with E-state index in [1.54, 1.807) is 32.9 Å². The molecule has 0 fully saturated rings. The molecule has 0 saturated heterocycles. The van der Waals surface area contributed by atoms with Crippen LogP contribution in [0.15, 0.2) is 17.0 Å². The Kier molecular flexibility index (Phi) is 2.42. The second-order valence-electron chi connectivity index (χ2n) is 4.39. The van der Waals surface area contributed by atoms with Gasteiger partial charge >= 0.3 is 0 Å². The highest BCUT2D eigenvalue weighted by molar-refractivity contribution is 7.92. The van der Waals surface area contributed by atoms with E-state index in [0.717, 1.165) is 5.56 Å². The number of benzene rings is 1. The van der Waals surface area contributed by atoms with Crippen molar-refractivity contribution in [2.45, 2.75) is 37.3 Å². The van der Waals surface area contributed by atoms with Crippen molar-refractivity contribution < 1.29 is 13.2 Å². The van der Waals surface area contributed by atoms with E-state index in [4.69, 9.17) is 0 Å². The Bertz CT molecular complexity index is 570. The van der Waals surface area contributed by atoms with Gasteiger partial charge in [-0.1, -0.05) is 12.1 Å². The summed E-state index contributed by atoms with van der Waals surface area (Å²) in [6.07, 6.45) is 0.0969. The fourth-order valence-corrected chi connectivity index (χ4v) is 4.02. The molecule has 1 heterocycles. The van der Waals surface area contributed by atoms with Crippen LogP contribution in [-0.4, -0.2) is 19.5 Å². The number of carbonyl (C=O) groups excluding carboxylic acids is 1. The van der Waals surface area contributed by atoms with Gasteiger partial charge in [-0.25, -0.2) is 8.42 Å². The van der Waals surface area contributed by atoms with E-state index in [1.807, 2.05) is 0 Å². The molecule has 1 aliphatic rings. The highest BCUT2D eigenvalue weighted by Crippen LogP contribution is 2.33. The predicted octanol–water partition coefficient (Wildman–Crippen LogP) is 2.05. The van der Waals surface area contributed by atoms with Crippen molar-refractivity contribution in [3.05, 3.63) is 28.8 Å². The zero-order chi connectivity index (χ0) is 12.1. The van der Waals surface area contributed by atoms with Gasteiger partial charge in [-0.2, -0.15) is 0 Å². The average Bonchev–Trinajstić information content (AvgIpc) is 2.18. The number of sulfone groups is 1. The first-order valence-electron chi connectivity index (χ1n) is 5.23.